The molecule has 0 radical (unpaired) electrons. The molecule has 1 aromatic carbocycles. The number of hydrogen-bond acceptors (Lipinski definition) is 3. The Hall–Kier alpha value is -1.23. The topological polar surface area (TPSA) is 32.8 Å². The second-order valence-corrected chi connectivity index (χ2v) is 5.28. The summed E-state index contributed by atoms with van der Waals surface area (Å²) in [5, 5.41) is 0. The van der Waals surface area contributed by atoms with Gasteiger partial charge in [0.05, 0.1) is 17.3 Å². The van der Waals surface area contributed by atoms with Crippen molar-refractivity contribution in [3.05, 3.63) is 22.2 Å². The van der Waals surface area contributed by atoms with Crippen LogP contribution in [-0.2, 0) is 4.79 Å². The number of piperazine rings is 1. The normalized spacial score (nSPS) is 15.7. The molecule has 0 bridgehead atoms. The summed E-state index contributed by atoms with van der Waals surface area (Å²) in [4.78, 5) is 14.8. The van der Waals surface area contributed by atoms with Gasteiger partial charge in [-0.25, -0.2) is 0 Å². The van der Waals surface area contributed by atoms with Gasteiger partial charge in [0.2, 0.25) is 6.41 Å². The summed E-state index contributed by atoms with van der Waals surface area (Å²) in [5.41, 5.74) is 2.28. The first-order chi connectivity index (χ1) is 8.65. The Morgan fingerprint density at radius 1 is 1.28 bits per heavy atom. The number of anilines is 1. The van der Waals surface area contributed by atoms with Crippen molar-refractivity contribution < 1.29 is 9.53 Å². The third kappa shape index (κ3) is 2.61. The van der Waals surface area contributed by atoms with Crippen LogP contribution in [0.2, 0.25) is 0 Å². The molecule has 0 aromatic heterocycles. The Morgan fingerprint density at radius 3 is 2.50 bits per heavy atom. The number of rotatable bonds is 3. The average molecular weight is 313 g/mol. The van der Waals surface area contributed by atoms with Crippen LogP contribution in [0.4, 0.5) is 5.69 Å². The van der Waals surface area contributed by atoms with E-state index in [4.69, 9.17) is 4.74 Å². The van der Waals surface area contributed by atoms with Gasteiger partial charge in [0.25, 0.3) is 0 Å². The molecular weight excluding hydrogens is 296 g/mol. The number of halogens is 1. The second-order valence-electron chi connectivity index (χ2n) is 4.43. The zero-order valence-corrected chi connectivity index (χ0v) is 12.2. The van der Waals surface area contributed by atoms with E-state index < -0.39 is 0 Å². The summed E-state index contributed by atoms with van der Waals surface area (Å²) in [5.74, 6) is 0.861. The molecule has 1 aromatic rings. The van der Waals surface area contributed by atoms with E-state index in [-0.39, 0.29) is 0 Å². The molecule has 98 valence electrons. The Labute approximate surface area is 116 Å². The summed E-state index contributed by atoms with van der Waals surface area (Å²) in [7, 11) is 1.68. The number of carbonyl (C=O) groups is 1. The van der Waals surface area contributed by atoms with Crippen molar-refractivity contribution in [3.8, 4) is 5.75 Å². The Bertz CT molecular complexity index is 443. The van der Waals surface area contributed by atoms with Gasteiger partial charge in [-0.05, 0) is 40.5 Å². The smallest absolute Gasteiger partial charge is 0.209 e. The molecule has 0 aliphatic carbocycles. The molecule has 0 spiro atoms. The van der Waals surface area contributed by atoms with Crippen LogP contribution >= 0.6 is 15.9 Å². The first-order valence-electron chi connectivity index (χ1n) is 5.94. The van der Waals surface area contributed by atoms with Crippen LogP contribution in [-0.4, -0.2) is 44.6 Å². The van der Waals surface area contributed by atoms with Gasteiger partial charge in [0.1, 0.15) is 0 Å². The maximum atomic E-state index is 10.7. The predicted molar refractivity (Wildman–Crippen MR) is 75.3 cm³/mol. The van der Waals surface area contributed by atoms with E-state index in [0.717, 1.165) is 48.5 Å². The molecule has 0 atom stereocenters. The van der Waals surface area contributed by atoms with Crippen molar-refractivity contribution in [1.29, 1.82) is 0 Å². The summed E-state index contributed by atoms with van der Waals surface area (Å²) in [6, 6.07) is 4.17. The summed E-state index contributed by atoms with van der Waals surface area (Å²) in [6.07, 6.45) is 0.917. The number of benzene rings is 1. The highest BCUT2D eigenvalue weighted by molar-refractivity contribution is 9.10. The van der Waals surface area contributed by atoms with Gasteiger partial charge in [-0.1, -0.05) is 0 Å². The van der Waals surface area contributed by atoms with E-state index in [1.807, 2.05) is 6.07 Å². The molecule has 1 fully saturated rings. The number of hydrogen-bond donors (Lipinski definition) is 0. The summed E-state index contributed by atoms with van der Waals surface area (Å²) < 4.78 is 6.44. The molecule has 1 heterocycles. The van der Waals surface area contributed by atoms with Gasteiger partial charge in [-0.15, -0.1) is 0 Å². The van der Waals surface area contributed by atoms with E-state index >= 15 is 0 Å². The van der Waals surface area contributed by atoms with Crippen LogP contribution in [0.3, 0.4) is 0 Å². The maximum Gasteiger partial charge on any atom is 0.209 e. The lowest BCUT2D eigenvalue weighted by molar-refractivity contribution is -0.118. The second kappa shape index (κ2) is 5.61. The average Bonchev–Trinajstić information content (AvgIpc) is 2.38. The molecule has 5 heteroatoms. The first kappa shape index (κ1) is 13.2. The minimum absolute atomic E-state index is 0.762. The zero-order chi connectivity index (χ0) is 13.1. The van der Waals surface area contributed by atoms with Crippen molar-refractivity contribution in [2.75, 3.05) is 38.2 Å². The van der Waals surface area contributed by atoms with E-state index in [1.54, 1.807) is 12.0 Å². The van der Waals surface area contributed by atoms with Gasteiger partial charge in [0, 0.05) is 26.2 Å². The molecule has 2 rings (SSSR count). The van der Waals surface area contributed by atoms with Crippen LogP contribution < -0.4 is 9.64 Å². The van der Waals surface area contributed by atoms with Crippen LogP contribution in [0.5, 0.6) is 5.75 Å². The lowest BCUT2D eigenvalue weighted by atomic mass is 10.1. The standard InChI is InChI=1S/C13H17BrN2O2/c1-10-7-11(14)13(18-2)12(8-10)16-5-3-15(9-17)4-6-16/h7-9H,3-6H2,1-2H3. The molecule has 1 amide bonds. The number of ether oxygens (including phenoxy) is 1. The van der Waals surface area contributed by atoms with E-state index in [9.17, 15) is 4.79 Å². The van der Waals surface area contributed by atoms with Gasteiger partial charge in [0.15, 0.2) is 5.75 Å². The SMILES string of the molecule is COc1c(Br)cc(C)cc1N1CCN(C=O)CC1. The fourth-order valence-electron chi connectivity index (χ4n) is 2.22. The molecule has 4 nitrogen and oxygen atoms in total. The molecule has 0 N–H and O–H groups in total. The lowest BCUT2D eigenvalue weighted by Crippen LogP contribution is -2.45. The van der Waals surface area contributed by atoms with E-state index in [1.165, 1.54) is 5.56 Å². The molecule has 1 aliphatic rings. The molecule has 0 unspecified atom stereocenters. The molecule has 1 aliphatic heterocycles. The van der Waals surface area contributed by atoms with Crippen LogP contribution in [0.25, 0.3) is 0 Å². The number of nitrogens with zero attached hydrogens (tertiary/aromatic N) is 2. The zero-order valence-electron chi connectivity index (χ0n) is 10.6. The highest BCUT2D eigenvalue weighted by Gasteiger charge is 2.20. The first-order valence-corrected chi connectivity index (χ1v) is 6.73. The van der Waals surface area contributed by atoms with E-state index in [0.29, 0.717) is 0 Å². The van der Waals surface area contributed by atoms with Gasteiger partial charge >= 0.3 is 0 Å². The highest BCUT2D eigenvalue weighted by atomic mass is 79.9. The predicted octanol–water partition coefficient (Wildman–Crippen LogP) is 2.04. The number of methoxy groups -OCH3 is 1. The number of aryl methyl sites for hydroxylation is 1. The van der Waals surface area contributed by atoms with Gasteiger partial charge in [-0.2, -0.15) is 0 Å². The summed E-state index contributed by atoms with van der Waals surface area (Å²) in [6.45, 7) is 5.27. The van der Waals surface area contributed by atoms with Gasteiger partial charge < -0.3 is 14.5 Å². The van der Waals surface area contributed by atoms with Crippen LogP contribution in [0.1, 0.15) is 5.56 Å². The highest BCUT2D eigenvalue weighted by Crippen LogP contribution is 2.37. The van der Waals surface area contributed by atoms with Crippen molar-refractivity contribution >= 4 is 28.0 Å². The largest absolute Gasteiger partial charge is 0.493 e. The molecule has 1 saturated heterocycles. The van der Waals surface area contributed by atoms with E-state index in [2.05, 4.69) is 33.8 Å². The van der Waals surface area contributed by atoms with Gasteiger partial charge in [-0.3, -0.25) is 4.79 Å². The minimum atomic E-state index is 0.762. The monoisotopic (exact) mass is 312 g/mol. The quantitative estimate of drug-likeness (QED) is 0.801. The molecule has 0 saturated carbocycles. The van der Waals surface area contributed by atoms with Crippen molar-refractivity contribution in [2.24, 2.45) is 0 Å². The fraction of sp³-hybridized carbons (Fsp3) is 0.462. The van der Waals surface area contributed by atoms with Crippen LogP contribution in [0, 0.1) is 6.92 Å². The Balaban J connectivity index is 2.25. The van der Waals surface area contributed by atoms with Crippen molar-refractivity contribution in [2.45, 2.75) is 6.92 Å². The minimum Gasteiger partial charge on any atom is -0.493 e. The Kier molecular flexibility index (Phi) is 4.11. The lowest BCUT2D eigenvalue weighted by Gasteiger charge is -2.35. The number of amides is 1. The fourth-order valence-corrected chi connectivity index (χ4v) is 2.94. The third-order valence-corrected chi connectivity index (χ3v) is 3.77. The molecular formula is C13H17BrN2O2. The molecule has 18 heavy (non-hydrogen) atoms. The number of carbonyl (C=O) groups excluding carboxylic acids is 1. The van der Waals surface area contributed by atoms with Crippen molar-refractivity contribution in [1.82, 2.24) is 4.90 Å². The third-order valence-electron chi connectivity index (χ3n) is 3.18. The van der Waals surface area contributed by atoms with Crippen molar-refractivity contribution in [3.63, 3.8) is 0 Å². The summed E-state index contributed by atoms with van der Waals surface area (Å²) >= 11 is 3.53. The maximum absolute atomic E-state index is 10.7. The van der Waals surface area contributed by atoms with Crippen LogP contribution in [0.15, 0.2) is 16.6 Å². The Morgan fingerprint density at radius 2 is 1.94 bits per heavy atom.